The van der Waals surface area contributed by atoms with Crippen molar-refractivity contribution in [3.05, 3.63) is 0 Å². The Morgan fingerprint density at radius 2 is 2.12 bits per heavy atom. The van der Waals surface area contributed by atoms with Gasteiger partial charge in [-0.2, -0.15) is 4.99 Å². The Morgan fingerprint density at radius 3 is 2.71 bits per heavy atom. The first-order valence-corrected chi connectivity index (χ1v) is 5.83. The third-order valence-corrected chi connectivity index (χ3v) is 2.86. The number of rotatable bonds is 1. The first kappa shape index (κ1) is 11.6. The second-order valence-corrected chi connectivity index (χ2v) is 4.11. The summed E-state index contributed by atoms with van der Waals surface area (Å²) in [6.07, 6.45) is 2.68. The molecule has 0 fully saturated rings. The molecule has 0 aromatic heterocycles. The highest BCUT2D eigenvalue weighted by Crippen LogP contribution is 2.22. The zero-order chi connectivity index (χ0) is 12.6. The summed E-state index contributed by atoms with van der Waals surface area (Å²) in [4.78, 5) is 45.4. The Kier molecular flexibility index (Phi) is 2.88. The Balaban J connectivity index is 2.42. The molecule has 1 amide bonds. The van der Waals surface area contributed by atoms with Crippen LogP contribution in [0.2, 0.25) is 0 Å². The standard InChI is InChI=1S/C9H7N3O4S/c1-17-9-11-6-4(7(14)12-9)5(13)3(2-10-6)8(15)16/h2-4H,1H3,(H,15,16). The van der Waals surface area contributed by atoms with E-state index in [1.165, 1.54) is 0 Å². The van der Waals surface area contributed by atoms with E-state index in [9.17, 15) is 14.4 Å². The average Bonchev–Trinajstić information content (AvgIpc) is 2.28. The lowest BCUT2D eigenvalue weighted by atomic mass is 9.89. The molecule has 0 aromatic rings. The number of carbonyl (C=O) groups is 3. The van der Waals surface area contributed by atoms with Gasteiger partial charge in [0.1, 0.15) is 0 Å². The van der Waals surface area contributed by atoms with Gasteiger partial charge in [-0.05, 0) is 6.26 Å². The first-order chi connectivity index (χ1) is 8.04. The zero-order valence-electron chi connectivity index (χ0n) is 8.65. The van der Waals surface area contributed by atoms with Crippen LogP contribution in [0.3, 0.4) is 0 Å². The molecule has 0 saturated heterocycles. The smallest absolute Gasteiger partial charge is 0.319 e. The normalized spacial score (nSPS) is 27.4. The van der Waals surface area contributed by atoms with E-state index < -0.39 is 29.5 Å². The van der Waals surface area contributed by atoms with Crippen LogP contribution in [0.25, 0.3) is 0 Å². The number of carboxylic acid groups (broad SMARTS) is 1. The van der Waals surface area contributed by atoms with Gasteiger partial charge in [0.15, 0.2) is 28.6 Å². The van der Waals surface area contributed by atoms with Crippen molar-refractivity contribution >= 4 is 46.6 Å². The predicted octanol–water partition coefficient (Wildman–Crippen LogP) is -0.385. The third kappa shape index (κ3) is 1.91. The Bertz CT molecular complexity index is 508. The fourth-order valence-electron chi connectivity index (χ4n) is 1.49. The van der Waals surface area contributed by atoms with E-state index >= 15 is 0 Å². The number of hydrogen-bond donors (Lipinski definition) is 1. The van der Waals surface area contributed by atoms with Gasteiger partial charge in [0, 0.05) is 6.21 Å². The Labute approximate surface area is 99.7 Å². The fourth-order valence-corrected chi connectivity index (χ4v) is 1.86. The van der Waals surface area contributed by atoms with Gasteiger partial charge < -0.3 is 5.11 Å². The van der Waals surface area contributed by atoms with Gasteiger partial charge in [-0.25, -0.2) is 9.98 Å². The molecular formula is C9H7N3O4S. The summed E-state index contributed by atoms with van der Waals surface area (Å²) < 4.78 is 0. The molecule has 2 heterocycles. The number of carbonyl (C=O) groups excluding carboxylic acids is 2. The van der Waals surface area contributed by atoms with E-state index in [4.69, 9.17) is 5.11 Å². The molecule has 1 N–H and O–H groups in total. The van der Waals surface area contributed by atoms with Gasteiger partial charge in [-0.3, -0.25) is 14.4 Å². The van der Waals surface area contributed by atoms with Crippen LogP contribution in [-0.4, -0.2) is 46.2 Å². The van der Waals surface area contributed by atoms with Crippen LogP contribution in [0, 0.1) is 11.8 Å². The van der Waals surface area contributed by atoms with Gasteiger partial charge in [-0.1, -0.05) is 11.8 Å². The molecule has 2 unspecified atom stereocenters. The molecule has 2 aliphatic rings. The summed E-state index contributed by atoms with van der Waals surface area (Å²) in [5.74, 6) is -5.40. The summed E-state index contributed by atoms with van der Waals surface area (Å²) in [5.41, 5.74) is 0. The fraction of sp³-hybridized carbons (Fsp3) is 0.333. The van der Waals surface area contributed by atoms with E-state index in [1.807, 2.05) is 0 Å². The molecule has 88 valence electrons. The molecule has 0 bridgehead atoms. The van der Waals surface area contributed by atoms with Gasteiger partial charge in [-0.15, -0.1) is 0 Å². The van der Waals surface area contributed by atoms with Crippen LogP contribution in [0.4, 0.5) is 0 Å². The molecule has 0 spiro atoms. The molecule has 7 nitrogen and oxygen atoms in total. The van der Waals surface area contributed by atoms with Crippen molar-refractivity contribution in [2.45, 2.75) is 0 Å². The van der Waals surface area contributed by atoms with Gasteiger partial charge in [0.2, 0.25) is 0 Å². The number of amides is 1. The number of carboxylic acids is 1. The predicted molar refractivity (Wildman–Crippen MR) is 61.5 cm³/mol. The van der Waals surface area contributed by atoms with Crippen LogP contribution < -0.4 is 0 Å². The quantitative estimate of drug-likeness (QED) is 0.640. The van der Waals surface area contributed by atoms with Crippen LogP contribution >= 0.6 is 11.8 Å². The van der Waals surface area contributed by atoms with Crippen LogP contribution in [0.15, 0.2) is 15.0 Å². The first-order valence-electron chi connectivity index (χ1n) is 4.60. The third-order valence-electron chi connectivity index (χ3n) is 2.32. The molecule has 8 heteroatoms. The molecule has 2 aliphatic heterocycles. The van der Waals surface area contributed by atoms with E-state index in [2.05, 4.69) is 15.0 Å². The zero-order valence-corrected chi connectivity index (χ0v) is 9.47. The maximum atomic E-state index is 11.8. The van der Waals surface area contributed by atoms with Gasteiger partial charge >= 0.3 is 5.97 Å². The molecule has 0 aromatic carbocycles. The molecule has 2 rings (SSSR count). The molecule has 0 saturated carbocycles. The van der Waals surface area contributed by atoms with Crippen LogP contribution in [0.1, 0.15) is 0 Å². The van der Waals surface area contributed by atoms with Crippen LogP contribution in [-0.2, 0) is 14.4 Å². The van der Waals surface area contributed by atoms with Gasteiger partial charge in [0.05, 0.1) is 0 Å². The minimum Gasteiger partial charge on any atom is -0.480 e. The minimum absolute atomic E-state index is 0.0249. The lowest BCUT2D eigenvalue weighted by Gasteiger charge is -2.21. The van der Waals surface area contributed by atoms with Gasteiger partial charge in [0.25, 0.3) is 5.91 Å². The molecule has 17 heavy (non-hydrogen) atoms. The van der Waals surface area contributed by atoms with Crippen molar-refractivity contribution in [1.29, 1.82) is 0 Å². The second kappa shape index (κ2) is 4.21. The highest BCUT2D eigenvalue weighted by atomic mass is 32.2. The largest absolute Gasteiger partial charge is 0.480 e. The molecule has 0 radical (unpaired) electrons. The van der Waals surface area contributed by atoms with Crippen molar-refractivity contribution in [3.8, 4) is 0 Å². The summed E-state index contributed by atoms with van der Waals surface area (Å²) in [7, 11) is 0. The molecular weight excluding hydrogens is 246 g/mol. The van der Waals surface area contributed by atoms with Crippen molar-refractivity contribution in [2.75, 3.05) is 6.26 Å². The van der Waals surface area contributed by atoms with Crippen molar-refractivity contribution in [1.82, 2.24) is 0 Å². The topological polar surface area (TPSA) is 109 Å². The Morgan fingerprint density at radius 1 is 1.41 bits per heavy atom. The van der Waals surface area contributed by atoms with E-state index in [-0.39, 0.29) is 11.0 Å². The maximum Gasteiger partial charge on any atom is 0.319 e. The lowest BCUT2D eigenvalue weighted by Crippen LogP contribution is -2.43. The number of hydrogen-bond acceptors (Lipinski definition) is 6. The number of nitrogens with zero attached hydrogens (tertiary/aromatic N) is 3. The summed E-state index contributed by atoms with van der Waals surface area (Å²) >= 11 is 1.15. The van der Waals surface area contributed by atoms with E-state index in [0.717, 1.165) is 18.0 Å². The number of thioether (sulfide) groups is 1. The van der Waals surface area contributed by atoms with Crippen molar-refractivity contribution in [3.63, 3.8) is 0 Å². The van der Waals surface area contributed by atoms with E-state index in [0.29, 0.717) is 0 Å². The minimum atomic E-state index is -1.39. The maximum absolute atomic E-state index is 11.8. The average molecular weight is 253 g/mol. The number of Topliss-reactive ketones (excluding diaryl/α,β-unsaturated/α-hetero) is 1. The van der Waals surface area contributed by atoms with E-state index in [1.54, 1.807) is 6.26 Å². The van der Waals surface area contributed by atoms with Crippen LogP contribution in [0.5, 0.6) is 0 Å². The highest BCUT2D eigenvalue weighted by Gasteiger charge is 2.43. The van der Waals surface area contributed by atoms with Crippen molar-refractivity contribution < 1.29 is 19.5 Å². The highest BCUT2D eigenvalue weighted by molar-refractivity contribution is 8.13. The monoisotopic (exact) mass is 253 g/mol. The number of ketones is 1. The van der Waals surface area contributed by atoms with Crippen molar-refractivity contribution in [2.24, 2.45) is 26.8 Å². The molecule has 2 atom stereocenters. The Hall–Kier alpha value is -1.83. The lowest BCUT2D eigenvalue weighted by molar-refractivity contribution is -0.144. The SMILES string of the molecule is CSC1=NC(=O)C2C(=O)C(C(=O)O)C=NC2=N1. The number of aliphatic carboxylic acids is 1. The second-order valence-electron chi connectivity index (χ2n) is 3.34. The summed E-state index contributed by atoms with van der Waals surface area (Å²) in [6.45, 7) is 0. The number of aliphatic imine (C=N–C) groups is 3. The summed E-state index contributed by atoms with van der Waals surface area (Å²) in [6, 6.07) is 0. The number of amidine groups is 2. The number of fused-ring (bicyclic) bond motifs is 1. The summed E-state index contributed by atoms with van der Waals surface area (Å²) in [5, 5.41) is 9.00. The molecule has 0 aliphatic carbocycles.